The Morgan fingerprint density at radius 1 is 1.13 bits per heavy atom. The number of rotatable bonds is 7. The monoisotopic (exact) mass is 336 g/mol. The minimum Gasteiger partial charge on any atom is -0.491 e. The van der Waals surface area contributed by atoms with Crippen LogP contribution < -0.4 is 15.4 Å². The van der Waals surface area contributed by atoms with Crippen molar-refractivity contribution in [1.29, 1.82) is 0 Å². The normalized spacial score (nSPS) is 10.8. The van der Waals surface area contributed by atoms with Crippen LogP contribution in [-0.2, 0) is 6.54 Å². The molecule has 7 nitrogen and oxygen atoms in total. The van der Waals surface area contributed by atoms with Gasteiger partial charge in [-0.2, -0.15) is 15.0 Å². The molecular weight excluding hydrogens is 316 g/mol. The van der Waals surface area contributed by atoms with Gasteiger partial charge in [0.15, 0.2) is 0 Å². The summed E-state index contributed by atoms with van der Waals surface area (Å²) in [4.78, 5) is 16.5. The Morgan fingerprint density at radius 3 is 2.57 bits per heavy atom. The number of hydrogen-bond acceptors (Lipinski definition) is 7. The van der Waals surface area contributed by atoms with Crippen LogP contribution >= 0.6 is 11.6 Å². The van der Waals surface area contributed by atoms with Crippen molar-refractivity contribution in [1.82, 2.24) is 19.9 Å². The molecule has 23 heavy (non-hydrogen) atoms. The van der Waals surface area contributed by atoms with Crippen molar-refractivity contribution in [2.45, 2.75) is 6.54 Å². The SMILES string of the molecule is CN(CCOc1ccccc1Cl)Cc1nc(N)nc(N(C)C)n1. The molecule has 2 N–H and O–H groups in total. The van der Waals surface area contributed by atoms with E-state index in [0.717, 1.165) is 0 Å². The molecule has 0 saturated heterocycles. The van der Waals surface area contributed by atoms with Crippen molar-refractivity contribution < 1.29 is 4.74 Å². The Labute approximate surface area is 141 Å². The lowest BCUT2D eigenvalue weighted by Gasteiger charge is -2.17. The van der Waals surface area contributed by atoms with Crippen LogP contribution in [0.3, 0.4) is 0 Å². The summed E-state index contributed by atoms with van der Waals surface area (Å²) in [6.45, 7) is 1.77. The number of nitrogens with two attached hydrogens (primary N) is 1. The first-order valence-electron chi connectivity index (χ1n) is 7.19. The standard InChI is InChI=1S/C15H21ClN6O/c1-21(2)15-19-13(18-14(17)20-15)10-22(3)8-9-23-12-7-5-4-6-11(12)16/h4-7H,8-10H2,1-3H3,(H2,17,18,19,20). The zero-order chi connectivity index (χ0) is 16.8. The molecule has 124 valence electrons. The van der Waals surface area contributed by atoms with Gasteiger partial charge < -0.3 is 15.4 Å². The fourth-order valence-electron chi connectivity index (χ4n) is 1.89. The minimum absolute atomic E-state index is 0.222. The number of anilines is 2. The molecular formula is C15H21ClN6O. The molecule has 0 unspecified atom stereocenters. The van der Waals surface area contributed by atoms with Gasteiger partial charge in [-0.15, -0.1) is 0 Å². The molecule has 2 rings (SSSR count). The minimum atomic E-state index is 0.222. The zero-order valence-electron chi connectivity index (χ0n) is 13.5. The van der Waals surface area contributed by atoms with Gasteiger partial charge in [0.25, 0.3) is 0 Å². The van der Waals surface area contributed by atoms with Crippen LogP contribution in [-0.4, -0.2) is 54.1 Å². The van der Waals surface area contributed by atoms with Crippen molar-refractivity contribution in [3.63, 3.8) is 0 Å². The van der Waals surface area contributed by atoms with E-state index in [2.05, 4.69) is 15.0 Å². The summed E-state index contributed by atoms with van der Waals surface area (Å²) >= 11 is 6.05. The van der Waals surface area contributed by atoms with Crippen LogP contribution in [0.2, 0.25) is 5.02 Å². The maximum Gasteiger partial charge on any atom is 0.229 e. The lowest BCUT2D eigenvalue weighted by atomic mass is 10.3. The van der Waals surface area contributed by atoms with Gasteiger partial charge in [-0.25, -0.2) is 0 Å². The largest absolute Gasteiger partial charge is 0.491 e. The van der Waals surface area contributed by atoms with E-state index in [1.54, 1.807) is 11.0 Å². The van der Waals surface area contributed by atoms with E-state index in [9.17, 15) is 0 Å². The highest BCUT2D eigenvalue weighted by Gasteiger charge is 2.09. The second kappa shape index (κ2) is 7.94. The van der Waals surface area contributed by atoms with E-state index in [1.165, 1.54) is 0 Å². The van der Waals surface area contributed by atoms with Crippen LogP contribution in [0, 0.1) is 0 Å². The molecule has 8 heteroatoms. The summed E-state index contributed by atoms with van der Waals surface area (Å²) in [5, 5.41) is 0.607. The van der Waals surface area contributed by atoms with E-state index in [1.807, 2.05) is 44.2 Å². The quantitative estimate of drug-likeness (QED) is 0.823. The molecule has 2 aromatic rings. The van der Waals surface area contributed by atoms with Crippen LogP contribution in [0.15, 0.2) is 24.3 Å². The van der Waals surface area contributed by atoms with Gasteiger partial charge in [0.1, 0.15) is 18.2 Å². The molecule has 0 aliphatic carbocycles. The molecule has 0 spiro atoms. The van der Waals surface area contributed by atoms with E-state index < -0.39 is 0 Å². The Bertz CT molecular complexity index is 652. The molecule has 1 aromatic carbocycles. The number of para-hydroxylation sites is 1. The van der Waals surface area contributed by atoms with E-state index in [0.29, 0.717) is 42.2 Å². The first-order valence-corrected chi connectivity index (χ1v) is 7.57. The maximum atomic E-state index is 6.05. The van der Waals surface area contributed by atoms with Crippen LogP contribution in [0.25, 0.3) is 0 Å². The number of likely N-dealkylation sites (N-methyl/N-ethyl adjacent to an activating group) is 1. The summed E-state index contributed by atoms with van der Waals surface area (Å²) in [5.41, 5.74) is 5.72. The van der Waals surface area contributed by atoms with Crippen LogP contribution in [0.5, 0.6) is 5.75 Å². The van der Waals surface area contributed by atoms with Gasteiger partial charge in [0.2, 0.25) is 11.9 Å². The highest BCUT2D eigenvalue weighted by molar-refractivity contribution is 6.32. The van der Waals surface area contributed by atoms with Crippen molar-refractivity contribution >= 4 is 23.5 Å². The number of halogens is 1. The predicted octanol–water partition coefficient (Wildman–Crippen LogP) is 1.68. The third-order valence-corrected chi connectivity index (χ3v) is 3.38. The van der Waals surface area contributed by atoms with Crippen molar-refractivity contribution in [2.75, 3.05) is 44.9 Å². The van der Waals surface area contributed by atoms with Gasteiger partial charge in [0.05, 0.1) is 11.6 Å². The first kappa shape index (κ1) is 17.2. The molecule has 0 fully saturated rings. The fourth-order valence-corrected chi connectivity index (χ4v) is 2.08. The summed E-state index contributed by atoms with van der Waals surface area (Å²) in [5.74, 6) is 2.08. The zero-order valence-corrected chi connectivity index (χ0v) is 14.3. The van der Waals surface area contributed by atoms with Crippen molar-refractivity contribution in [3.05, 3.63) is 35.1 Å². The summed E-state index contributed by atoms with van der Waals surface area (Å²) in [6.07, 6.45) is 0. The van der Waals surface area contributed by atoms with Gasteiger partial charge in [0, 0.05) is 20.6 Å². The third kappa shape index (κ3) is 5.22. The summed E-state index contributed by atoms with van der Waals surface area (Å²) in [7, 11) is 5.69. The lowest BCUT2D eigenvalue weighted by molar-refractivity contribution is 0.230. The molecule has 0 amide bonds. The second-order valence-electron chi connectivity index (χ2n) is 5.32. The Hall–Kier alpha value is -2.12. The van der Waals surface area contributed by atoms with E-state index in [4.69, 9.17) is 22.1 Å². The summed E-state index contributed by atoms with van der Waals surface area (Å²) in [6, 6.07) is 7.41. The lowest BCUT2D eigenvalue weighted by Crippen LogP contribution is -2.26. The molecule has 1 aromatic heterocycles. The molecule has 0 bridgehead atoms. The van der Waals surface area contributed by atoms with Crippen LogP contribution in [0.4, 0.5) is 11.9 Å². The molecule has 0 radical (unpaired) electrons. The maximum absolute atomic E-state index is 6.05. The molecule has 0 atom stereocenters. The van der Waals surface area contributed by atoms with Gasteiger partial charge >= 0.3 is 0 Å². The first-order chi connectivity index (χ1) is 11.0. The van der Waals surface area contributed by atoms with Gasteiger partial charge in [-0.3, -0.25) is 4.90 Å². The van der Waals surface area contributed by atoms with Crippen LogP contribution in [0.1, 0.15) is 5.82 Å². The summed E-state index contributed by atoms with van der Waals surface area (Å²) < 4.78 is 5.67. The Balaban J connectivity index is 1.87. The third-order valence-electron chi connectivity index (χ3n) is 3.07. The highest BCUT2D eigenvalue weighted by Crippen LogP contribution is 2.22. The fraction of sp³-hybridized carbons (Fsp3) is 0.400. The Morgan fingerprint density at radius 2 is 1.87 bits per heavy atom. The molecule has 0 aliphatic heterocycles. The van der Waals surface area contributed by atoms with E-state index >= 15 is 0 Å². The molecule has 1 heterocycles. The van der Waals surface area contributed by atoms with Crippen molar-refractivity contribution in [3.8, 4) is 5.75 Å². The average molecular weight is 337 g/mol. The van der Waals surface area contributed by atoms with E-state index in [-0.39, 0.29) is 5.95 Å². The number of aromatic nitrogens is 3. The predicted molar refractivity (Wildman–Crippen MR) is 91.8 cm³/mol. The topological polar surface area (TPSA) is 80.4 Å². The second-order valence-corrected chi connectivity index (χ2v) is 5.73. The molecule has 0 saturated carbocycles. The van der Waals surface area contributed by atoms with Gasteiger partial charge in [-0.1, -0.05) is 23.7 Å². The van der Waals surface area contributed by atoms with Crippen molar-refractivity contribution in [2.24, 2.45) is 0 Å². The number of benzene rings is 1. The number of ether oxygens (including phenoxy) is 1. The van der Waals surface area contributed by atoms with Gasteiger partial charge in [-0.05, 0) is 19.2 Å². The smallest absolute Gasteiger partial charge is 0.229 e. The number of hydrogen-bond donors (Lipinski definition) is 1. The number of nitrogen functional groups attached to an aromatic ring is 1. The average Bonchev–Trinajstić information content (AvgIpc) is 2.48. The Kier molecular flexibility index (Phi) is 5.95. The molecule has 0 aliphatic rings. The number of nitrogens with zero attached hydrogens (tertiary/aromatic N) is 5. The highest BCUT2D eigenvalue weighted by atomic mass is 35.5.